The fourth-order valence-electron chi connectivity index (χ4n) is 2.40. The van der Waals surface area contributed by atoms with E-state index in [4.69, 9.17) is 0 Å². The van der Waals surface area contributed by atoms with E-state index in [-0.39, 0.29) is 5.56 Å². The third-order valence-electron chi connectivity index (χ3n) is 3.24. The van der Waals surface area contributed by atoms with E-state index < -0.39 is 0 Å². The lowest BCUT2D eigenvalue weighted by molar-refractivity contribution is -0.319. The van der Waals surface area contributed by atoms with Crippen LogP contribution in [0.3, 0.4) is 0 Å². The zero-order valence-electron chi connectivity index (χ0n) is 9.47. The third kappa shape index (κ3) is 1.09. The molecule has 0 aliphatic carbocycles. The number of fused-ring (bicyclic) bond motifs is 4. The number of para-hydroxylation sites is 3. The highest BCUT2D eigenvalue weighted by molar-refractivity contribution is 5.82. The fraction of sp³-hybridized carbons (Fsp3) is 0. The molecule has 4 rings (SSSR count). The van der Waals surface area contributed by atoms with Gasteiger partial charge in [-0.1, -0.05) is 24.3 Å². The van der Waals surface area contributed by atoms with Crippen LogP contribution in [0.2, 0.25) is 0 Å². The van der Waals surface area contributed by atoms with Gasteiger partial charge in [0.2, 0.25) is 0 Å². The molecule has 0 saturated carbocycles. The first-order valence-corrected chi connectivity index (χ1v) is 5.78. The van der Waals surface area contributed by atoms with Gasteiger partial charge in [-0.25, -0.2) is 14.8 Å². The number of aromatic nitrogens is 3. The summed E-state index contributed by atoms with van der Waals surface area (Å²) in [7, 11) is 0. The van der Waals surface area contributed by atoms with E-state index in [1.165, 1.54) is 0 Å². The molecular formula is C14H10N3O+. The lowest BCUT2D eigenvalue weighted by Crippen LogP contribution is -2.22. The van der Waals surface area contributed by atoms with Gasteiger partial charge in [0.1, 0.15) is 16.6 Å². The summed E-state index contributed by atoms with van der Waals surface area (Å²) in [5.74, 6) is 0.708. The zero-order chi connectivity index (χ0) is 12.1. The van der Waals surface area contributed by atoms with E-state index in [2.05, 4.69) is 9.97 Å². The molecule has 0 unspecified atom stereocenters. The van der Waals surface area contributed by atoms with Crippen molar-refractivity contribution in [3.05, 3.63) is 58.9 Å². The summed E-state index contributed by atoms with van der Waals surface area (Å²) in [5, 5.41) is 0.694. The Morgan fingerprint density at radius 3 is 2.72 bits per heavy atom. The number of benzene rings is 2. The van der Waals surface area contributed by atoms with Crippen LogP contribution in [0, 0.1) is 0 Å². The molecule has 2 aromatic heterocycles. The number of hydrogen-bond acceptors (Lipinski definition) is 1. The van der Waals surface area contributed by atoms with Crippen molar-refractivity contribution in [3.8, 4) is 0 Å². The van der Waals surface area contributed by atoms with Gasteiger partial charge in [-0.15, -0.1) is 0 Å². The number of nitrogens with one attached hydrogen (secondary N) is 2. The molecule has 2 aromatic carbocycles. The van der Waals surface area contributed by atoms with Crippen molar-refractivity contribution in [1.29, 1.82) is 0 Å². The Balaban J connectivity index is 2.39. The van der Waals surface area contributed by atoms with Crippen LogP contribution in [-0.4, -0.2) is 9.38 Å². The Morgan fingerprint density at radius 2 is 1.78 bits per heavy atom. The summed E-state index contributed by atoms with van der Waals surface area (Å²) in [6, 6.07) is 15.3. The first-order valence-electron chi connectivity index (χ1n) is 5.78. The minimum absolute atomic E-state index is 0.00296. The lowest BCUT2D eigenvalue weighted by Gasteiger charge is -1.93. The monoisotopic (exact) mass is 236 g/mol. The van der Waals surface area contributed by atoms with Crippen molar-refractivity contribution in [3.63, 3.8) is 0 Å². The number of nitrogens with zero attached hydrogens (tertiary/aromatic N) is 1. The van der Waals surface area contributed by atoms with Crippen LogP contribution >= 0.6 is 0 Å². The second kappa shape index (κ2) is 3.20. The Bertz CT molecular complexity index is 949. The van der Waals surface area contributed by atoms with Gasteiger partial charge in [0.15, 0.2) is 0 Å². The average molecular weight is 236 g/mol. The van der Waals surface area contributed by atoms with Crippen molar-refractivity contribution in [2.45, 2.75) is 0 Å². The topological polar surface area (TPSA) is 51.4 Å². The molecule has 4 nitrogen and oxygen atoms in total. The van der Waals surface area contributed by atoms with E-state index in [0.717, 1.165) is 16.6 Å². The first-order chi connectivity index (χ1) is 8.84. The minimum Gasteiger partial charge on any atom is -0.250 e. The van der Waals surface area contributed by atoms with Crippen LogP contribution in [0.4, 0.5) is 0 Å². The summed E-state index contributed by atoms with van der Waals surface area (Å²) in [5.41, 5.74) is 2.67. The van der Waals surface area contributed by atoms with E-state index in [0.29, 0.717) is 11.2 Å². The van der Waals surface area contributed by atoms with Gasteiger partial charge in [-0.2, -0.15) is 4.40 Å². The Labute approximate surface area is 102 Å². The maximum absolute atomic E-state index is 12.5. The van der Waals surface area contributed by atoms with Crippen LogP contribution < -0.4 is 10.5 Å². The number of imidazole rings is 1. The molecule has 2 N–H and O–H groups in total. The molecule has 0 bridgehead atoms. The van der Waals surface area contributed by atoms with Gasteiger partial charge in [0, 0.05) is 0 Å². The van der Waals surface area contributed by atoms with E-state index >= 15 is 0 Å². The third-order valence-corrected chi connectivity index (χ3v) is 3.24. The van der Waals surface area contributed by atoms with Gasteiger partial charge in [-0.05, 0) is 24.3 Å². The van der Waals surface area contributed by atoms with Crippen LogP contribution in [-0.2, 0) is 0 Å². The number of H-pyrrole nitrogens is 2. The Morgan fingerprint density at radius 1 is 1.00 bits per heavy atom. The number of hydrogen-bond donors (Lipinski definition) is 1. The summed E-state index contributed by atoms with van der Waals surface area (Å²) in [6.45, 7) is 0. The minimum atomic E-state index is -0.00296. The highest BCUT2D eigenvalue weighted by Gasteiger charge is 2.15. The van der Waals surface area contributed by atoms with Crippen LogP contribution in [0.1, 0.15) is 0 Å². The summed E-state index contributed by atoms with van der Waals surface area (Å²) in [6.07, 6.45) is 0. The second-order valence-corrected chi connectivity index (χ2v) is 4.30. The standard InChI is InChI=1S/C14H9N3O/c18-13-9-5-1-2-6-10(9)15-14-16-11-7-3-4-8-12(11)17(13)14/h1-8H,(H,15,16)/p+1. The lowest BCUT2D eigenvalue weighted by atomic mass is 10.2. The van der Waals surface area contributed by atoms with E-state index in [9.17, 15) is 4.79 Å². The quantitative estimate of drug-likeness (QED) is 0.497. The smallest absolute Gasteiger partial charge is 0.250 e. The predicted octanol–water partition coefficient (Wildman–Crippen LogP) is 1.75. The van der Waals surface area contributed by atoms with Gasteiger partial charge in [0.25, 0.3) is 0 Å². The molecule has 0 radical (unpaired) electrons. The van der Waals surface area contributed by atoms with Gasteiger partial charge in [0.05, 0.1) is 5.39 Å². The zero-order valence-corrected chi connectivity index (χ0v) is 9.47. The first kappa shape index (κ1) is 9.41. The normalized spacial score (nSPS) is 11.6. The second-order valence-electron chi connectivity index (χ2n) is 4.30. The molecule has 0 saturated heterocycles. The Kier molecular flexibility index (Phi) is 1.67. The van der Waals surface area contributed by atoms with Gasteiger partial charge in [-0.3, -0.25) is 0 Å². The van der Waals surface area contributed by atoms with Gasteiger partial charge < -0.3 is 0 Å². The highest BCUT2D eigenvalue weighted by Crippen LogP contribution is 2.13. The van der Waals surface area contributed by atoms with E-state index in [1.807, 2.05) is 48.5 Å². The maximum Gasteiger partial charge on any atom is 0.368 e. The largest absolute Gasteiger partial charge is 0.368 e. The summed E-state index contributed by atoms with van der Waals surface area (Å²) < 4.78 is 1.68. The molecule has 0 aliphatic rings. The SMILES string of the molecule is O=c1c2ccccc2[nH+]c2[nH]c3ccccc3n12. The molecule has 4 heteroatoms. The molecular weight excluding hydrogens is 226 g/mol. The molecule has 0 aliphatic heterocycles. The van der Waals surface area contributed by atoms with Crippen molar-refractivity contribution in [2.75, 3.05) is 0 Å². The molecule has 2 heterocycles. The average Bonchev–Trinajstić information content (AvgIpc) is 2.77. The molecule has 0 spiro atoms. The molecule has 0 atom stereocenters. The number of rotatable bonds is 0. The van der Waals surface area contributed by atoms with Crippen molar-refractivity contribution in [1.82, 2.24) is 9.38 Å². The fourth-order valence-corrected chi connectivity index (χ4v) is 2.40. The molecule has 0 fully saturated rings. The van der Waals surface area contributed by atoms with Crippen LogP contribution in [0.15, 0.2) is 53.3 Å². The van der Waals surface area contributed by atoms with Crippen LogP contribution in [0.5, 0.6) is 0 Å². The predicted molar refractivity (Wildman–Crippen MR) is 69.6 cm³/mol. The van der Waals surface area contributed by atoms with Crippen molar-refractivity contribution >= 4 is 27.7 Å². The van der Waals surface area contributed by atoms with E-state index in [1.54, 1.807) is 4.40 Å². The molecule has 0 amide bonds. The maximum atomic E-state index is 12.5. The number of aromatic amines is 2. The molecule has 4 aromatic rings. The van der Waals surface area contributed by atoms with Crippen LogP contribution in [0.25, 0.3) is 27.7 Å². The summed E-state index contributed by atoms with van der Waals surface area (Å²) >= 11 is 0. The summed E-state index contributed by atoms with van der Waals surface area (Å²) in [4.78, 5) is 19.0. The highest BCUT2D eigenvalue weighted by atomic mass is 16.1. The van der Waals surface area contributed by atoms with Gasteiger partial charge >= 0.3 is 11.3 Å². The van der Waals surface area contributed by atoms with Crippen molar-refractivity contribution < 1.29 is 4.98 Å². The van der Waals surface area contributed by atoms with Crippen molar-refractivity contribution in [2.24, 2.45) is 0 Å². The molecule has 86 valence electrons. The Hall–Kier alpha value is -2.62. The molecule has 18 heavy (non-hydrogen) atoms.